The minimum atomic E-state index is 0.235. The Bertz CT molecular complexity index is 365. The Kier molecular flexibility index (Phi) is 4.65. The first-order valence-corrected chi connectivity index (χ1v) is 7.29. The maximum absolute atomic E-state index is 5.95. The molecule has 0 radical (unpaired) electrons. The van der Waals surface area contributed by atoms with Gasteiger partial charge >= 0.3 is 0 Å². The smallest absolute Gasteiger partial charge is 0.0399 e. The summed E-state index contributed by atoms with van der Waals surface area (Å²) in [5.41, 5.74) is 8.76. The zero-order valence-corrected chi connectivity index (χ0v) is 11.7. The zero-order valence-electron chi connectivity index (χ0n) is 11.7. The van der Waals surface area contributed by atoms with Gasteiger partial charge in [-0.3, -0.25) is 0 Å². The number of nitrogens with two attached hydrogens (primary N) is 1. The van der Waals surface area contributed by atoms with Gasteiger partial charge in [0.1, 0.15) is 0 Å². The van der Waals surface area contributed by atoms with Gasteiger partial charge in [0.05, 0.1) is 0 Å². The Morgan fingerprint density at radius 3 is 2.56 bits per heavy atom. The van der Waals surface area contributed by atoms with Gasteiger partial charge in [-0.05, 0) is 43.7 Å². The van der Waals surface area contributed by atoms with E-state index in [2.05, 4.69) is 43.0 Å². The van der Waals surface area contributed by atoms with Gasteiger partial charge in [0, 0.05) is 24.8 Å². The highest BCUT2D eigenvalue weighted by atomic mass is 15.1. The quantitative estimate of drug-likeness (QED) is 0.884. The van der Waals surface area contributed by atoms with E-state index in [4.69, 9.17) is 5.73 Å². The second kappa shape index (κ2) is 6.24. The first-order valence-electron chi connectivity index (χ1n) is 7.29. The van der Waals surface area contributed by atoms with Crippen LogP contribution in [-0.2, 0) is 6.42 Å². The highest BCUT2D eigenvalue weighted by molar-refractivity contribution is 5.54. The Hall–Kier alpha value is -1.02. The van der Waals surface area contributed by atoms with Crippen LogP contribution in [0.4, 0.5) is 5.69 Å². The number of piperidine rings is 1. The first kappa shape index (κ1) is 13.4. The Balaban J connectivity index is 2.08. The molecule has 1 atom stereocenters. The lowest BCUT2D eigenvalue weighted by Crippen LogP contribution is -2.34. The molecule has 0 aliphatic carbocycles. The van der Waals surface area contributed by atoms with E-state index in [0.29, 0.717) is 0 Å². The lowest BCUT2D eigenvalue weighted by Gasteiger charge is -2.34. The molecular formula is C16H26N2. The third-order valence-corrected chi connectivity index (χ3v) is 4.07. The molecule has 0 spiro atoms. The summed E-state index contributed by atoms with van der Waals surface area (Å²) in [6.45, 7) is 6.80. The summed E-state index contributed by atoms with van der Waals surface area (Å²) >= 11 is 0. The van der Waals surface area contributed by atoms with Crippen molar-refractivity contribution in [2.75, 3.05) is 18.0 Å². The number of rotatable bonds is 4. The number of hydrogen-bond donors (Lipinski definition) is 1. The summed E-state index contributed by atoms with van der Waals surface area (Å²) in [5, 5.41) is 0. The highest BCUT2D eigenvalue weighted by Crippen LogP contribution is 2.28. The molecule has 2 heteroatoms. The van der Waals surface area contributed by atoms with Gasteiger partial charge in [0.15, 0.2) is 0 Å². The van der Waals surface area contributed by atoms with Crippen LogP contribution in [0.1, 0.15) is 38.7 Å². The Labute approximate surface area is 111 Å². The third kappa shape index (κ3) is 3.26. The largest absolute Gasteiger partial charge is 0.371 e. The predicted octanol–water partition coefficient (Wildman–Crippen LogP) is 3.20. The molecule has 1 aliphatic heterocycles. The molecule has 2 N–H and O–H groups in total. The molecule has 1 unspecified atom stereocenters. The molecule has 2 rings (SSSR count). The highest BCUT2D eigenvalue weighted by Gasteiger charge is 2.19. The molecule has 1 aromatic carbocycles. The molecule has 0 bridgehead atoms. The van der Waals surface area contributed by atoms with Crippen molar-refractivity contribution in [3.8, 4) is 0 Å². The van der Waals surface area contributed by atoms with Crippen LogP contribution in [0.5, 0.6) is 0 Å². The van der Waals surface area contributed by atoms with Crippen LogP contribution < -0.4 is 10.6 Å². The van der Waals surface area contributed by atoms with E-state index in [-0.39, 0.29) is 6.04 Å². The summed E-state index contributed by atoms with van der Waals surface area (Å²) in [4.78, 5) is 2.55. The second-order valence-corrected chi connectivity index (χ2v) is 5.65. The molecule has 1 aliphatic rings. The average molecular weight is 246 g/mol. The third-order valence-electron chi connectivity index (χ3n) is 4.07. The first-order chi connectivity index (χ1) is 8.70. The lowest BCUT2D eigenvalue weighted by molar-refractivity contribution is 0.394. The van der Waals surface area contributed by atoms with Crippen LogP contribution in [0.3, 0.4) is 0 Å². The monoisotopic (exact) mass is 246 g/mol. The van der Waals surface area contributed by atoms with Crippen molar-refractivity contribution in [3.63, 3.8) is 0 Å². The maximum Gasteiger partial charge on any atom is 0.0399 e. The maximum atomic E-state index is 5.95. The van der Waals surface area contributed by atoms with Crippen LogP contribution in [0.2, 0.25) is 0 Å². The van der Waals surface area contributed by atoms with Gasteiger partial charge in [-0.15, -0.1) is 0 Å². The number of anilines is 1. The molecule has 0 saturated carbocycles. The van der Waals surface area contributed by atoms with E-state index < -0.39 is 0 Å². The van der Waals surface area contributed by atoms with Crippen LogP contribution in [0, 0.1) is 5.92 Å². The van der Waals surface area contributed by atoms with Crippen molar-refractivity contribution in [2.45, 2.75) is 45.6 Å². The van der Waals surface area contributed by atoms with Crippen molar-refractivity contribution in [3.05, 3.63) is 29.8 Å². The van der Waals surface area contributed by atoms with Crippen molar-refractivity contribution in [2.24, 2.45) is 11.7 Å². The number of hydrogen-bond acceptors (Lipinski definition) is 2. The standard InChI is InChI=1S/C16H26N2/c1-3-14-8-10-18(11-9-14)16-7-5-4-6-15(16)12-13(2)17/h4-7,13-14H,3,8-12,17H2,1-2H3. The number of para-hydroxylation sites is 1. The van der Waals surface area contributed by atoms with Crippen LogP contribution in [-0.4, -0.2) is 19.1 Å². The van der Waals surface area contributed by atoms with E-state index in [0.717, 1.165) is 12.3 Å². The summed E-state index contributed by atoms with van der Waals surface area (Å²) in [7, 11) is 0. The summed E-state index contributed by atoms with van der Waals surface area (Å²) in [5.74, 6) is 0.932. The van der Waals surface area contributed by atoms with Crippen LogP contribution >= 0.6 is 0 Å². The number of nitrogens with zero attached hydrogens (tertiary/aromatic N) is 1. The normalized spacial score (nSPS) is 18.9. The Morgan fingerprint density at radius 1 is 1.28 bits per heavy atom. The summed E-state index contributed by atoms with van der Waals surface area (Å²) < 4.78 is 0. The molecule has 0 amide bonds. The van der Waals surface area contributed by atoms with Crippen LogP contribution in [0.25, 0.3) is 0 Å². The van der Waals surface area contributed by atoms with Crippen molar-refractivity contribution in [1.29, 1.82) is 0 Å². The molecular weight excluding hydrogens is 220 g/mol. The Morgan fingerprint density at radius 2 is 1.94 bits per heavy atom. The molecule has 1 fully saturated rings. The second-order valence-electron chi connectivity index (χ2n) is 5.65. The fraction of sp³-hybridized carbons (Fsp3) is 0.625. The van der Waals surface area contributed by atoms with E-state index in [1.165, 1.54) is 43.6 Å². The molecule has 2 nitrogen and oxygen atoms in total. The summed E-state index contributed by atoms with van der Waals surface area (Å²) in [6, 6.07) is 8.99. The fourth-order valence-corrected chi connectivity index (χ4v) is 2.92. The molecule has 1 heterocycles. The molecule has 100 valence electrons. The van der Waals surface area contributed by atoms with E-state index >= 15 is 0 Å². The topological polar surface area (TPSA) is 29.3 Å². The minimum absolute atomic E-state index is 0.235. The fourth-order valence-electron chi connectivity index (χ4n) is 2.92. The molecule has 1 aromatic rings. The molecule has 0 aromatic heterocycles. The van der Waals surface area contributed by atoms with E-state index in [9.17, 15) is 0 Å². The van der Waals surface area contributed by atoms with Gasteiger partial charge in [0.2, 0.25) is 0 Å². The van der Waals surface area contributed by atoms with E-state index in [1.54, 1.807) is 0 Å². The van der Waals surface area contributed by atoms with Crippen molar-refractivity contribution >= 4 is 5.69 Å². The van der Waals surface area contributed by atoms with Gasteiger partial charge in [0.25, 0.3) is 0 Å². The SMILES string of the molecule is CCC1CCN(c2ccccc2CC(C)N)CC1. The average Bonchev–Trinajstić information content (AvgIpc) is 2.39. The van der Waals surface area contributed by atoms with Crippen molar-refractivity contribution in [1.82, 2.24) is 0 Å². The minimum Gasteiger partial charge on any atom is -0.371 e. The molecule has 1 saturated heterocycles. The van der Waals surface area contributed by atoms with Crippen molar-refractivity contribution < 1.29 is 0 Å². The molecule has 18 heavy (non-hydrogen) atoms. The summed E-state index contributed by atoms with van der Waals surface area (Å²) in [6.07, 6.45) is 4.98. The van der Waals surface area contributed by atoms with Gasteiger partial charge < -0.3 is 10.6 Å². The lowest BCUT2D eigenvalue weighted by atomic mass is 9.93. The predicted molar refractivity (Wildman–Crippen MR) is 79.0 cm³/mol. The van der Waals surface area contributed by atoms with Gasteiger partial charge in [-0.2, -0.15) is 0 Å². The van der Waals surface area contributed by atoms with Gasteiger partial charge in [-0.25, -0.2) is 0 Å². The van der Waals surface area contributed by atoms with Crippen LogP contribution in [0.15, 0.2) is 24.3 Å². The number of benzene rings is 1. The van der Waals surface area contributed by atoms with Gasteiger partial charge in [-0.1, -0.05) is 31.5 Å². The zero-order chi connectivity index (χ0) is 13.0. The van der Waals surface area contributed by atoms with E-state index in [1.807, 2.05) is 0 Å².